The molecule has 0 bridgehead atoms. The number of carbonyl (C=O) groups is 2. The van der Waals surface area contributed by atoms with Gasteiger partial charge in [-0.1, -0.05) is 36.4 Å². The third-order valence-corrected chi connectivity index (χ3v) is 7.21. The molecule has 34 heavy (non-hydrogen) atoms. The lowest BCUT2D eigenvalue weighted by Crippen LogP contribution is -2.56. The molecule has 3 amide bonds. The smallest absolute Gasteiger partial charge is 0.327 e. The summed E-state index contributed by atoms with van der Waals surface area (Å²) in [5.41, 5.74) is 2.35. The average Bonchev–Trinajstić information content (AvgIpc) is 3.06. The second kappa shape index (κ2) is 9.06. The van der Waals surface area contributed by atoms with Gasteiger partial charge in [-0.3, -0.25) is 19.6 Å². The van der Waals surface area contributed by atoms with Crippen LogP contribution in [-0.2, 0) is 17.9 Å². The maximum Gasteiger partial charge on any atom is 0.327 e. The normalized spacial score (nSPS) is 18.3. The van der Waals surface area contributed by atoms with Gasteiger partial charge in [0.2, 0.25) is 0 Å². The van der Waals surface area contributed by atoms with Gasteiger partial charge in [0.05, 0.1) is 19.2 Å². The van der Waals surface area contributed by atoms with Gasteiger partial charge in [0, 0.05) is 37.8 Å². The largest absolute Gasteiger partial charge is 0.497 e. The lowest BCUT2D eigenvalue weighted by Gasteiger charge is -2.42. The van der Waals surface area contributed by atoms with Crippen LogP contribution in [0.2, 0.25) is 0 Å². The number of rotatable bonds is 6. The monoisotopic (exact) mass is 458 g/mol. The van der Waals surface area contributed by atoms with E-state index in [0.717, 1.165) is 41.9 Å². The molecule has 0 aliphatic carbocycles. The highest BCUT2D eigenvalue weighted by Gasteiger charge is 2.57. The van der Waals surface area contributed by atoms with Gasteiger partial charge in [-0.15, -0.1) is 0 Å². The summed E-state index contributed by atoms with van der Waals surface area (Å²) in [5, 5.41) is 1.13. The Morgan fingerprint density at radius 1 is 1.00 bits per heavy atom. The second-order valence-corrected chi connectivity index (χ2v) is 9.07. The van der Waals surface area contributed by atoms with Crippen LogP contribution in [0.5, 0.6) is 5.75 Å². The predicted molar refractivity (Wildman–Crippen MR) is 130 cm³/mol. The van der Waals surface area contributed by atoms with Gasteiger partial charge >= 0.3 is 6.03 Å². The standard InChI is InChI=1S/C27H30N4O3/c1-3-31-26(33)30(18-20-7-4-11-23(17-20)34-2)25(32)27(31)12-15-29(16-13-27)19-22-9-5-8-21-10-6-14-28-24(21)22/h4-11,14,17H,3,12-13,15-16,18-19H2,1-2H3. The van der Waals surface area contributed by atoms with E-state index in [2.05, 4.69) is 34.1 Å². The molecule has 3 heterocycles. The minimum absolute atomic E-state index is 0.0753. The number of carbonyl (C=O) groups excluding carboxylic acids is 2. The summed E-state index contributed by atoms with van der Waals surface area (Å²) >= 11 is 0. The van der Waals surface area contributed by atoms with Gasteiger partial charge in [0.1, 0.15) is 11.3 Å². The lowest BCUT2D eigenvalue weighted by atomic mass is 9.85. The molecular formula is C27H30N4O3. The van der Waals surface area contributed by atoms with Crippen LogP contribution >= 0.6 is 0 Å². The van der Waals surface area contributed by atoms with E-state index in [0.29, 0.717) is 19.4 Å². The Morgan fingerprint density at radius 2 is 1.76 bits per heavy atom. The van der Waals surface area contributed by atoms with Crippen molar-refractivity contribution in [1.29, 1.82) is 0 Å². The molecule has 0 unspecified atom stereocenters. The maximum absolute atomic E-state index is 13.7. The van der Waals surface area contributed by atoms with Crippen molar-refractivity contribution >= 4 is 22.8 Å². The van der Waals surface area contributed by atoms with Crippen LogP contribution in [0.1, 0.15) is 30.9 Å². The van der Waals surface area contributed by atoms with E-state index >= 15 is 0 Å². The van der Waals surface area contributed by atoms with Crippen LogP contribution in [0.25, 0.3) is 10.9 Å². The van der Waals surface area contributed by atoms with E-state index in [1.165, 1.54) is 10.5 Å². The number of para-hydroxylation sites is 1. The van der Waals surface area contributed by atoms with Gasteiger partial charge in [0.25, 0.3) is 5.91 Å². The third kappa shape index (κ3) is 3.80. The number of likely N-dealkylation sites (N-methyl/N-ethyl adjacent to an activating group) is 1. The Bertz CT molecular complexity index is 1210. The minimum Gasteiger partial charge on any atom is -0.497 e. The van der Waals surface area contributed by atoms with Gasteiger partial charge in [-0.2, -0.15) is 0 Å². The topological polar surface area (TPSA) is 66.0 Å². The molecule has 0 atom stereocenters. The molecule has 0 saturated carbocycles. The van der Waals surface area contributed by atoms with E-state index in [-0.39, 0.29) is 18.5 Å². The molecule has 2 aliphatic rings. The number of nitrogens with zero attached hydrogens (tertiary/aromatic N) is 4. The molecule has 176 valence electrons. The number of ether oxygens (including phenoxy) is 1. The Kier molecular flexibility index (Phi) is 5.96. The van der Waals surface area contributed by atoms with Crippen molar-refractivity contribution in [2.75, 3.05) is 26.7 Å². The quantitative estimate of drug-likeness (QED) is 0.521. The van der Waals surface area contributed by atoms with Crippen molar-refractivity contribution in [2.24, 2.45) is 0 Å². The van der Waals surface area contributed by atoms with Crippen molar-refractivity contribution in [3.05, 3.63) is 71.9 Å². The number of hydrogen-bond donors (Lipinski definition) is 0. The second-order valence-electron chi connectivity index (χ2n) is 9.07. The van der Waals surface area contributed by atoms with E-state index < -0.39 is 5.54 Å². The highest BCUT2D eigenvalue weighted by molar-refractivity contribution is 6.07. The number of fused-ring (bicyclic) bond motifs is 1. The zero-order chi connectivity index (χ0) is 23.7. The Morgan fingerprint density at radius 3 is 2.53 bits per heavy atom. The van der Waals surface area contributed by atoms with Crippen molar-refractivity contribution in [2.45, 2.75) is 38.4 Å². The molecule has 5 rings (SSSR count). The summed E-state index contributed by atoms with van der Waals surface area (Å²) in [6.45, 7) is 5.03. The highest BCUT2D eigenvalue weighted by Crippen LogP contribution is 2.38. The van der Waals surface area contributed by atoms with Gasteiger partial charge in [-0.25, -0.2) is 4.79 Å². The Labute approximate surface area is 199 Å². The lowest BCUT2D eigenvalue weighted by molar-refractivity contribution is -0.136. The molecular weight excluding hydrogens is 428 g/mol. The van der Waals surface area contributed by atoms with Crippen LogP contribution in [-0.4, -0.2) is 63.9 Å². The fraction of sp³-hybridized carbons (Fsp3) is 0.370. The van der Waals surface area contributed by atoms with E-state index in [4.69, 9.17) is 4.74 Å². The first kappa shape index (κ1) is 22.3. The number of likely N-dealkylation sites (tertiary alicyclic amines) is 1. The van der Waals surface area contributed by atoms with E-state index in [1.54, 1.807) is 12.0 Å². The van der Waals surface area contributed by atoms with Crippen LogP contribution in [0.15, 0.2) is 60.8 Å². The average molecular weight is 459 g/mol. The molecule has 7 nitrogen and oxygen atoms in total. The molecule has 0 N–H and O–H groups in total. The number of hydrogen-bond acceptors (Lipinski definition) is 5. The van der Waals surface area contributed by atoms with Crippen molar-refractivity contribution in [3.63, 3.8) is 0 Å². The number of piperidine rings is 1. The Balaban J connectivity index is 1.32. The fourth-order valence-electron chi connectivity index (χ4n) is 5.41. The number of benzene rings is 2. The van der Waals surface area contributed by atoms with E-state index in [1.807, 2.05) is 43.5 Å². The molecule has 1 spiro atoms. The number of imide groups is 1. The minimum atomic E-state index is -0.752. The van der Waals surface area contributed by atoms with Gasteiger partial charge in [-0.05, 0) is 49.1 Å². The molecule has 0 radical (unpaired) electrons. The summed E-state index contributed by atoms with van der Waals surface area (Å²) in [6.07, 6.45) is 3.10. The van der Waals surface area contributed by atoms with Gasteiger partial charge < -0.3 is 9.64 Å². The Hall–Kier alpha value is -3.45. The molecule has 2 aromatic carbocycles. The zero-order valence-electron chi connectivity index (χ0n) is 19.7. The molecule has 2 aliphatic heterocycles. The van der Waals surface area contributed by atoms with Crippen molar-refractivity contribution in [3.8, 4) is 5.75 Å². The summed E-state index contributed by atoms with van der Waals surface area (Å²) in [5.74, 6) is 0.642. The molecule has 2 fully saturated rings. The summed E-state index contributed by atoms with van der Waals surface area (Å²) < 4.78 is 5.30. The number of pyridine rings is 1. The van der Waals surface area contributed by atoms with Gasteiger partial charge in [0.15, 0.2) is 0 Å². The van der Waals surface area contributed by atoms with Crippen LogP contribution in [0.4, 0.5) is 4.79 Å². The van der Waals surface area contributed by atoms with Crippen molar-refractivity contribution < 1.29 is 14.3 Å². The van der Waals surface area contributed by atoms with Crippen LogP contribution in [0.3, 0.4) is 0 Å². The summed E-state index contributed by atoms with van der Waals surface area (Å²) in [4.78, 5) is 37.1. The van der Waals surface area contributed by atoms with Crippen molar-refractivity contribution in [1.82, 2.24) is 19.7 Å². The maximum atomic E-state index is 13.7. The van der Waals surface area contributed by atoms with Crippen LogP contribution < -0.4 is 4.74 Å². The van der Waals surface area contributed by atoms with E-state index in [9.17, 15) is 9.59 Å². The fourth-order valence-corrected chi connectivity index (χ4v) is 5.41. The third-order valence-electron chi connectivity index (χ3n) is 7.21. The molecule has 2 saturated heterocycles. The zero-order valence-corrected chi connectivity index (χ0v) is 19.7. The highest BCUT2D eigenvalue weighted by atomic mass is 16.5. The molecule has 3 aromatic rings. The summed E-state index contributed by atoms with van der Waals surface area (Å²) in [7, 11) is 1.61. The summed E-state index contributed by atoms with van der Waals surface area (Å²) in [6, 6.07) is 17.7. The number of methoxy groups -OCH3 is 1. The number of amides is 3. The first-order valence-corrected chi connectivity index (χ1v) is 11.9. The first-order chi connectivity index (χ1) is 16.6. The first-order valence-electron chi connectivity index (χ1n) is 11.9. The molecule has 7 heteroatoms. The van der Waals surface area contributed by atoms with Crippen LogP contribution in [0, 0.1) is 0 Å². The predicted octanol–water partition coefficient (Wildman–Crippen LogP) is 4.06. The SMILES string of the molecule is CCN1C(=O)N(Cc2cccc(OC)c2)C(=O)C12CCN(Cc1cccc3cccnc13)CC2. The number of urea groups is 1. The number of aromatic nitrogens is 1. The molecule has 1 aromatic heterocycles.